The average Bonchev–Trinajstić information content (AvgIpc) is 3.05. The summed E-state index contributed by atoms with van der Waals surface area (Å²) in [7, 11) is 1.58. The Bertz CT molecular complexity index is 795. The van der Waals surface area contributed by atoms with E-state index in [1.54, 1.807) is 17.7 Å². The number of imidazole rings is 1. The maximum absolute atomic E-state index is 12.2. The van der Waals surface area contributed by atoms with E-state index in [9.17, 15) is 4.79 Å². The molecule has 3 heterocycles. The molecule has 0 aliphatic rings. The number of fused-ring (bicyclic) bond motifs is 1. The average molecular weight is 303 g/mol. The van der Waals surface area contributed by atoms with Crippen LogP contribution in [0.2, 0.25) is 0 Å². The van der Waals surface area contributed by atoms with Gasteiger partial charge in [-0.1, -0.05) is 11.3 Å². The number of nitrogens with zero attached hydrogens (tertiary/aromatic N) is 4. The molecule has 0 spiro atoms. The van der Waals surface area contributed by atoms with Crippen LogP contribution < -0.4 is 5.32 Å². The summed E-state index contributed by atoms with van der Waals surface area (Å²) in [5.41, 5.74) is 2.16. The lowest BCUT2D eigenvalue weighted by molar-refractivity contribution is 0.102. The third kappa shape index (κ3) is 2.91. The van der Waals surface area contributed by atoms with E-state index in [1.807, 2.05) is 25.3 Å². The number of anilines is 1. The molecule has 0 saturated carbocycles. The molecule has 3 aromatic rings. The van der Waals surface area contributed by atoms with Gasteiger partial charge in [0.2, 0.25) is 5.13 Å². The molecular weight excluding hydrogens is 290 g/mol. The van der Waals surface area contributed by atoms with Gasteiger partial charge < -0.3 is 9.14 Å². The van der Waals surface area contributed by atoms with Crippen molar-refractivity contribution in [1.82, 2.24) is 19.6 Å². The number of nitrogens with one attached hydrogen (secondary N) is 1. The molecular formula is C13H13N5O2S. The summed E-state index contributed by atoms with van der Waals surface area (Å²) in [4.78, 5) is 16.5. The largest absolute Gasteiger partial charge is 0.377 e. The molecule has 108 valence electrons. The molecule has 1 N–H and O–H groups in total. The Balaban J connectivity index is 1.79. The molecule has 0 saturated heterocycles. The van der Waals surface area contributed by atoms with Gasteiger partial charge in [0.1, 0.15) is 23.0 Å². The first-order chi connectivity index (χ1) is 10.2. The van der Waals surface area contributed by atoms with Crippen LogP contribution >= 0.6 is 11.3 Å². The minimum Gasteiger partial charge on any atom is -0.377 e. The Labute approximate surface area is 124 Å². The minimum atomic E-state index is -0.309. The highest BCUT2D eigenvalue weighted by molar-refractivity contribution is 7.15. The number of hydrogen-bond donors (Lipinski definition) is 1. The molecule has 1 amide bonds. The topological polar surface area (TPSA) is 81.4 Å². The van der Waals surface area contributed by atoms with Crippen LogP contribution in [0.25, 0.3) is 5.65 Å². The van der Waals surface area contributed by atoms with Crippen molar-refractivity contribution in [2.24, 2.45) is 0 Å². The van der Waals surface area contributed by atoms with Crippen LogP contribution in [0.5, 0.6) is 0 Å². The van der Waals surface area contributed by atoms with E-state index >= 15 is 0 Å². The minimum absolute atomic E-state index is 0.309. The van der Waals surface area contributed by atoms with E-state index in [2.05, 4.69) is 20.5 Å². The number of pyridine rings is 1. The predicted octanol–water partition coefficient (Wildman–Crippen LogP) is 1.89. The van der Waals surface area contributed by atoms with Crippen LogP contribution in [0, 0.1) is 6.92 Å². The maximum atomic E-state index is 12.2. The van der Waals surface area contributed by atoms with Gasteiger partial charge in [-0.3, -0.25) is 10.1 Å². The number of carbonyl (C=O) groups is 1. The fraction of sp³-hybridized carbons (Fsp3) is 0.231. The molecule has 0 atom stereocenters. The Hall–Kier alpha value is -2.32. The van der Waals surface area contributed by atoms with Crippen molar-refractivity contribution in [2.45, 2.75) is 13.5 Å². The van der Waals surface area contributed by atoms with Crippen LogP contribution in [0.3, 0.4) is 0 Å². The van der Waals surface area contributed by atoms with Crippen molar-refractivity contribution in [1.29, 1.82) is 0 Å². The molecule has 0 bridgehead atoms. The van der Waals surface area contributed by atoms with Crippen LogP contribution in [0.4, 0.5) is 5.13 Å². The number of hydrogen-bond acceptors (Lipinski definition) is 6. The maximum Gasteiger partial charge on any atom is 0.277 e. The summed E-state index contributed by atoms with van der Waals surface area (Å²) in [5.74, 6) is -0.309. The molecule has 0 unspecified atom stereocenters. The van der Waals surface area contributed by atoms with E-state index in [0.717, 1.165) is 11.2 Å². The molecule has 3 rings (SSSR count). The zero-order valence-electron chi connectivity index (χ0n) is 11.5. The molecule has 8 heteroatoms. The van der Waals surface area contributed by atoms with Crippen LogP contribution in [-0.4, -0.2) is 32.6 Å². The number of aromatic nitrogens is 4. The molecule has 0 aliphatic carbocycles. The van der Waals surface area contributed by atoms with Crippen LogP contribution in [0.1, 0.15) is 21.1 Å². The quantitative estimate of drug-likeness (QED) is 0.796. The Morgan fingerprint density at radius 3 is 3.14 bits per heavy atom. The molecule has 0 radical (unpaired) electrons. The van der Waals surface area contributed by atoms with Crippen molar-refractivity contribution >= 4 is 28.0 Å². The monoisotopic (exact) mass is 303 g/mol. The van der Waals surface area contributed by atoms with E-state index in [1.165, 1.54) is 11.3 Å². The molecule has 7 nitrogen and oxygen atoms in total. The van der Waals surface area contributed by atoms with Gasteiger partial charge in [-0.2, -0.15) is 0 Å². The number of ether oxygens (including phenoxy) is 1. The van der Waals surface area contributed by atoms with Crippen molar-refractivity contribution in [2.75, 3.05) is 12.4 Å². The number of rotatable bonds is 4. The third-order valence-electron chi connectivity index (χ3n) is 2.80. The fourth-order valence-corrected chi connectivity index (χ4v) is 2.55. The zero-order valence-corrected chi connectivity index (χ0v) is 12.3. The van der Waals surface area contributed by atoms with Crippen LogP contribution in [0.15, 0.2) is 24.5 Å². The van der Waals surface area contributed by atoms with Gasteiger partial charge in [0.25, 0.3) is 5.91 Å². The summed E-state index contributed by atoms with van der Waals surface area (Å²) < 4.78 is 6.77. The lowest BCUT2D eigenvalue weighted by atomic mass is 10.3. The van der Waals surface area contributed by atoms with Gasteiger partial charge >= 0.3 is 0 Å². The standard InChI is InChI=1S/C13H13N5O2S/c1-8-3-4-18-6-9(14-10(18)5-8)12(19)15-13-17-16-11(21-13)7-20-2/h3-6H,7H2,1-2H3,(H,15,17,19). The van der Waals surface area contributed by atoms with Gasteiger partial charge in [-0.05, 0) is 24.6 Å². The number of carbonyl (C=O) groups excluding carboxylic acids is 1. The number of amides is 1. The lowest BCUT2D eigenvalue weighted by Crippen LogP contribution is -2.12. The number of aryl methyl sites for hydroxylation is 1. The van der Waals surface area contributed by atoms with E-state index in [0.29, 0.717) is 22.4 Å². The first-order valence-corrected chi connectivity index (χ1v) is 7.05. The zero-order chi connectivity index (χ0) is 14.8. The second-order valence-electron chi connectivity index (χ2n) is 4.48. The molecule has 21 heavy (non-hydrogen) atoms. The molecule has 0 aliphatic heterocycles. The first-order valence-electron chi connectivity index (χ1n) is 6.24. The Morgan fingerprint density at radius 2 is 2.33 bits per heavy atom. The van der Waals surface area contributed by atoms with Crippen molar-refractivity contribution < 1.29 is 9.53 Å². The second kappa shape index (κ2) is 5.58. The summed E-state index contributed by atoms with van der Waals surface area (Å²) in [6.45, 7) is 2.36. The van der Waals surface area contributed by atoms with Gasteiger partial charge in [-0.25, -0.2) is 4.98 Å². The summed E-state index contributed by atoms with van der Waals surface area (Å²) >= 11 is 1.28. The summed E-state index contributed by atoms with van der Waals surface area (Å²) in [6, 6.07) is 3.87. The highest BCUT2D eigenvalue weighted by Crippen LogP contribution is 2.17. The summed E-state index contributed by atoms with van der Waals surface area (Å²) in [5, 5.41) is 11.6. The highest BCUT2D eigenvalue weighted by atomic mass is 32.1. The van der Waals surface area contributed by atoms with Crippen molar-refractivity contribution in [3.05, 3.63) is 40.8 Å². The highest BCUT2D eigenvalue weighted by Gasteiger charge is 2.13. The Kier molecular flexibility index (Phi) is 3.63. The first kappa shape index (κ1) is 13.7. The number of methoxy groups -OCH3 is 1. The Morgan fingerprint density at radius 1 is 1.48 bits per heavy atom. The van der Waals surface area contributed by atoms with Crippen molar-refractivity contribution in [3.63, 3.8) is 0 Å². The summed E-state index contributed by atoms with van der Waals surface area (Å²) in [6.07, 6.45) is 3.55. The van der Waals surface area contributed by atoms with Crippen molar-refractivity contribution in [3.8, 4) is 0 Å². The van der Waals surface area contributed by atoms with Crippen LogP contribution in [-0.2, 0) is 11.3 Å². The van der Waals surface area contributed by atoms with E-state index in [-0.39, 0.29) is 5.91 Å². The molecule has 3 aromatic heterocycles. The van der Waals surface area contributed by atoms with Gasteiger partial charge in [0, 0.05) is 19.5 Å². The molecule has 0 fully saturated rings. The SMILES string of the molecule is COCc1nnc(NC(=O)c2cn3ccc(C)cc3n2)s1. The fourth-order valence-electron chi connectivity index (χ4n) is 1.84. The van der Waals surface area contributed by atoms with Gasteiger partial charge in [0.05, 0.1) is 0 Å². The second-order valence-corrected chi connectivity index (χ2v) is 5.55. The van der Waals surface area contributed by atoms with Gasteiger partial charge in [0.15, 0.2) is 0 Å². The van der Waals surface area contributed by atoms with E-state index in [4.69, 9.17) is 4.74 Å². The predicted molar refractivity (Wildman–Crippen MR) is 78.5 cm³/mol. The molecule has 0 aromatic carbocycles. The van der Waals surface area contributed by atoms with E-state index < -0.39 is 0 Å². The lowest BCUT2D eigenvalue weighted by Gasteiger charge is -1.95. The third-order valence-corrected chi connectivity index (χ3v) is 3.62. The van der Waals surface area contributed by atoms with Gasteiger partial charge in [-0.15, -0.1) is 10.2 Å². The normalized spacial score (nSPS) is 11.0. The smallest absolute Gasteiger partial charge is 0.277 e.